The minimum absolute atomic E-state index is 0.0516. The molecule has 30 heavy (non-hydrogen) atoms. The average Bonchev–Trinajstić information content (AvgIpc) is 2.63. The molecule has 9 heteroatoms. The second kappa shape index (κ2) is 18.0. The van der Waals surface area contributed by atoms with Crippen LogP contribution in [0.2, 0.25) is 0 Å². The predicted octanol–water partition coefficient (Wildman–Crippen LogP) is 1.64. The first-order valence-electron chi connectivity index (χ1n) is 9.38. The lowest BCUT2D eigenvalue weighted by Gasteiger charge is -2.05. The van der Waals surface area contributed by atoms with Crippen LogP contribution in [-0.2, 0) is 38.2 Å². The number of carbonyl (C=O) groups is 6. The summed E-state index contributed by atoms with van der Waals surface area (Å²) in [7, 11) is 0. The van der Waals surface area contributed by atoms with Gasteiger partial charge in [-0.05, 0) is 39.7 Å². The summed E-state index contributed by atoms with van der Waals surface area (Å²) < 4.78 is 9.63. The Morgan fingerprint density at radius 1 is 0.867 bits per heavy atom. The monoisotopic (exact) mass is 425 g/mol. The Morgan fingerprint density at radius 2 is 1.40 bits per heavy atom. The smallest absolute Gasteiger partial charge is 0.333 e. The molecule has 0 bridgehead atoms. The van der Waals surface area contributed by atoms with Crippen LogP contribution in [0.5, 0.6) is 0 Å². The minimum Gasteiger partial charge on any atom is -0.465 e. The van der Waals surface area contributed by atoms with Gasteiger partial charge in [0.15, 0.2) is 0 Å². The van der Waals surface area contributed by atoms with Crippen LogP contribution in [-0.4, -0.2) is 55.0 Å². The number of hydrogen-bond donors (Lipinski definition) is 1. The highest BCUT2D eigenvalue weighted by Crippen LogP contribution is 1.97. The van der Waals surface area contributed by atoms with Gasteiger partial charge in [-0.15, -0.1) is 0 Å². The molecule has 0 rings (SSSR count). The van der Waals surface area contributed by atoms with Gasteiger partial charge in [0.25, 0.3) is 0 Å². The molecule has 1 amide bonds. The van der Waals surface area contributed by atoms with Gasteiger partial charge in [0.1, 0.15) is 23.8 Å². The Bertz CT molecular complexity index is 651. The van der Waals surface area contributed by atoms with Crippen molar-refractivity contribution in [2.45, 2.75) is 52.9 Å². The lowest BCUT2D eigenvalue weighted by Crippen LogP contribution is -2.24. The van der Waals surface area contributed by atoms with Gasteiger partial charge in [-0.3, -0.25) is 24.0 Å². The van der Waals surface area contributed by atoms with Gasteiger partial charge in [-0.2, -0.15) is 0 Å². The molecule has 9 nitrogen and oxygen atoms in total. The first kappa shape index (κ1) is 29.1. The zero-order valence-corrected chi connectivity index (χ0v) is 17.9. The zero-order valence-electron chi connectivity index (χ0n) is 17.9. The number of ether oxygens (including phenoxy) is 2. The van der Waals surface area contributed by atoms with Crippen LogP contribution in [0.3, 0.4) is 0 Å². The molecule has 0 unspecified atom stereocenters. The molecule has 0 spiro atoms. The van der Waals surface area contributed by atoms with Crippen molar-refractivity contribution in [2.75, 3.05) is 19.8 Å². The van der Waals surface area contributed by atoms with Crippen molar-refractivity contribution >= 4 is 35.2 Å². The highest BCUT2D eigenvalue weighted by atomic mass is 16.5. The van der Waals surface area contributed by atoms with Crippen LogP contribution >= 0.6 is 0 Å². The van der Waals surface area contributed by atoms with Crippen molar-refractivity contribution in [1.29, 1.82) is 0 Å². The van der Waals surface area contributed by atoms with Crippen molar-refractivity contribution in [3.63, 3.8) is 0 Å². The number of carbonyl (C=O) groups excluding carboxylic acids is 6. The van der Waals surface area contributed by atoms with E-state index in [9.17, 15) is 28.8 Å². The van der Waals surface area contributed by atoms with E-state index in [0.717, 1.165) is 6.08 Å². The Morgan fingerprint density at radius 3 is 1.87 bits per heavy atom. The summed E-state index contributed by atoms with van der Waals surface area (Å²) in [6, 6.07) is 0. The number of hydrogen-bond acceptors (Lipinski definition) is 8. The van der Waals surface area contributed by atoms with E-state index >= 15 is 0 Å². The van der Waals surface area contributed by atoms with Crippen molar-refractivity contribution in [2.24, 2.45) is 0 Å². The van der Waals surface area contributed by atoms with E-state index in [1.165, 1.54) is 13.8 Å². The van der Waals surface area contributed by atoms with Gasteiger partial charge in [0.05, 0.1) is 19.6 Å². The molecule has 0 saturated carbocycles. The van der Waals surface area contributed by atoms with E-state index in [4.69, 9.17) is 9.47 Å². The highest BCUT2D eigenvalue weighted by molar-refractivity contribution is 5.98. The number of amides is 1. The second-order valence-electron chi connectivity index (χ2n) is 6.39. The van der Waals surface area contributed by atoms with E-state index in [1.54, 1.807) is 6.92 Å². The predicted molar refractivity (Wildman–Crippen MR) is 109 cm³/mol. The number of unbranched alkanes of at least 4 members (excludes halogenated alkanes) is 1. The molecule has 168 valence electrons. The molecule has 0 atom stereocenters. The summed E-state index contributed by atoms with van der Waals surface area (Å²) in [5, 5.41) is 2.45. The van der Waals surface area contributed by atoms with E-state index in [2.05, 4.69) is 18.5 Å². The molecule has 0 fully saturated rings. The van der Waals surface area contributed by atoms with Crippen LogP contribution in [0.15, 0.2) is 24.8 Å². The van der Waals surface area contributed by atoms with E-state index in [1.807, 2.05) is 0 Å². The summed E-state index contributed by atoms with van der Waals surface area (Å²) in [6.07, 6.45) is 2.28. The maximum absolute atomic E-state index is 11.0. The number of ketones is 3. The quantitative estimate of drug-likeness (QED) is 0.192. The molecular weight excluding hydrogens is 394 g/mol. The Balaban J connectivity index is 0. The van der Waals surface area contributed by atoms with Gasteiger partial charge < -0.3 is 14.8 Å². The molecule has 0 aromatic rings. The largest absolute Gasteiger partial charge is 0.465 e. The van der Waals surface area contributed by atoms with Gasteiger partial charge in [-0.25, -0.2) is 4.79 Å². The fourth-order valence-corrected chi connectivity index (χ4v) is 1.70. The molecule has 0 aliphatic heterocycles. The van der Waals surface area contributed by atoms with E-state index < -0.39 is 11.9 Å². The topological polar surface area (TPSA) is 133 Å². The average molecular weight is 425 g/mol. The van der Waals surface area contributed by atoms with Gasteiger partial charge in [0.2, 0.25) is 5.91 Å². The third-order valence-corrected chi connectivity index (χ3v) is 3.11. The maximum Gasteiger partial charge on any atom is 0.333 e. The fourth-order valence-electron chi connectivity index (χ4n) is 1.70. The molecule has 0 aromatic heterocycles. The summed E-state index contributed by atoms with van der Waals surface area (Å²) in [5.74, 6) is -1.77. The number of nitrogens with one attached hydrogen (secondary N) is 1. The zero-order chi connectivity index (χ0) is 23.5. The molecule has 0 radical (unpaired) electrons. The molecule has 0 saturated heterocycles. The summed E-state index contributed by atoms with van der Waals surface area (Å²) in [5.41, 5.74) is 0.359. The maximum atomic E-state index is 11.0. The van der Waals surface area contributed by atoms with Gasteiger partial charge >= 0.3 is 11.9 Å². The SMILES string of the molecule is C=C(C)C(=O)OCCCCOC(=O)CC(C)=O.C=CC(=O)NCCC(=O)CC(C)=O. The first-order chi connectivity index (χ1) is 14.0. The van der Waals surface area contributed by atoms with Crippen molar-refractivity contribution in [3.8, 4) is 0 Å². The van der Waals surface area contributed by atoms with E-state index in [0.29, 0.717) is 18.4 Å². The van der Waals surface area contributed by atoms with Crippen molar-refractivity contribution < 1.29 is 38.2 Å². The lowest BCUT2D eigenvalue weighted by atomic mass is 10.2. The van der Waals surface area contributed by atoms with E-state index in [-0.39, 0.29) is 62.3 Å². The third kappa shape index (κ3) is 21.2. The van der Waals surface area contributed by atoms with Crippen LogP contribution in [0, 0.1) is 0 Å². The van der Waals surface area contributed by atoms with Crippen molar-refractivity contribution in [1.82, 2.24) is 5.32 Å². The number of esters is 2. The van der Waals surface area contributed by atoms with Gasteiger partial charge in [0, 0.05) is 18.5 Å². The van der Waals surface area contributed by atoms with Crippen LogP contribution in [0.4, 0.5) is 0 Å². The lowest BCUT2D eigenvalue weighted by molar-refractivity contribution is -0.146. The minimum atomic E-state index is -0.517. The highest BCUT2D eigenvalue weighted by Gasteiger charge is 2.06. The normalized spacial score (nSPS) is 9.30. The molecule has 0 heterocycles. The van der Waals surface area contributed by atoms with Crippen LogP contribution in [0.1, 0.15) is 52.9 Å². The Labute approximate surface area is 176 Å². The summed E-state index contributed by atoms with van der Waals surface area (Å²) in [4.78, 5) is 64.5. The molecule has 1 N–H and O–H groups in total. The Hall–Kier alpha value is -3.10. The number of rotatable bonds is 14. The molecular formula is C21H31NO8. The van der Waals surface area contributed by atoms with Crippen LogP contribution in [0.25, 0.3) is 0 Å². The van der Waals surface area contributed by atoms with Crippen molar-refractivity contribution in [3.05, 3.63) is 24.8 Å². The summed E-state index contributed by atoms with van der Waals surface area (Å²) in [6.45, 7) is 11.7. The Kier molecular flexibility index (Phi) is 17.4. The fraction of sp³-hybridized carbons (Fsp3) is 0.524. The standard InChI is InChI=1S/C12H18O5.C9H13NO3/c1-9(2)12(15)17-7-5-4-6-16-11(14)8-10(3)13;1-3-9(13)10-5-4-8(12)6-7(2)11/h1,4-8H2,2-3H3;3H,1,4-6H2,2H3,(H,10,13). The molecule has 0 aliphatic rings. The first-order valence-corrected chi connectivity index (χ1v) is 9.38. The van der Waals surface area contributed by atoms with Crippen LogP contribution < -0.4 is 5.32 Å². The second-order valence-corrected chi connectivity index (χ2v) is 6.39. The third-order valence-electron chi connectivity index (χ3n) is 3.11. The molecule has 0 aliphatic carbocycles. The summed E-state index contributed by atoms with van der Waals surface area (Å²) >= 11 is 0. The number of Topliss-reactive ketones (excluding diaryl/α,β-unsaturated/α-hetero) is 3. The van der Waals surface area contributed by atoms with Gasteiger partial charge in [-0.1, -0.05) is 13.2 Å². The molecule has 0 aromatic carbocycles.